The van der Waals surface area contributed by atoms with Crippen molar-refractivity contribution in [2.24, 2.45) is 11.1 Å². The quantitative estimate of drug-likeness (QED) is 0.697. The monoisotopic (exact) mass is 200 g/mol. The van der Waals surface area contributed by atoms with E-state index in [1.165, 1.54) is 0 Å². The summed E-state index contributed by atoms with van der Waals surface area (Å²) in [6.45, 7) is 2.38. The second kappa shape index (κ2) is 3.50. The third-order valence-electron chi connectivity index (χ3n) is 3.00. The van der Waals surface area contributed by atoms with Gasteiger partial charge in [-0.15, -0.1) is 0 Å². The van der Waals surface area contributed by atoms with Gasteiger partial charge in [0.05, 0.1) is 5.41 Å². The molecule has 0 aromatic rings. The molecule has 1 amide bonds. The van der Waals surface area contributed by atoms with Gasteiger partial charge in [-0.3, -0.25) is 4.79 Å². The van der Waals surface area contributed by atoms with Gasteiger partial charge in [0.2, 0.25) is 5.91 Å². The molecule has 0 radical (unpaired) electrons. The normalized spacial score (nSPS) is 25.8. The molecule has 1 saturated carbocycles. The van der Waals surface area contributed by atoms with Gasteiger partial charge in [-0.1, -0.05) is 0 Å². The fourth-order valence-electron chi connectivity index (χ4n) is 1.76. The summed E-state index contributed by atoms with van der Waals surface area (Å²) >= 11 is 1.93. The first-order valence-electron chi connectivity index (χ1n) is 4.86. The van der Waals surface area contributed by atoms with Crippen LogP contribution >= 0.6 is 11.8 Å². The fourth-order valence-corrected chi connectivity index (χ4v) is 2.66. The third-order valence-corrected chi connectivity index (χ3v) is 3.94. The lowest BCUT2D eigenvalue weighted by molar-refractivity contribution is -0.136. The lowest BCUT2D eigenvalue weighted by atomic mass is 10.1. The molecule has 1 saturated heterocycles. The van der Waals surface area contributed by atoms with Crippen molar-refractivity contribution in [2.75, 3.05) is 31.1 Å². The number of hydrogen-bond donors (Lipinski definition) is 1. The van der Waals surface area contributed by atoms with Crippen molar-refractivity contribution in [3.05, 3.63) is 0 Å². The first kappa shape index (κ1) is 9.34. The van der Waals surface area contributed by atoms with Crippen molar-refractivity contribution in [3.8, 4) is 0 Å². The van der Waals surface area contributed by atoms with E-state index in [9.17, 15) is 4.79 Å². The molecular formula is C9H16N2OS. The predicted molar refractivity (Wildman–Crippen MR) is 54.6 cm³/mol. The van der Waals surface area contributed by atoms with E-state index in [1.54, 1.807) is 0 Å². The molecule has 2 N–H and O–H groups in total. The molecule has 0 atom stereocenters. The van der Waals surface area contributed by atoms with Gasteiger partial charge < -0.3 is 10.6 Å². The molecule has 1 aliphatic heterocycles. The Labute approximate surface area is 83.0 Å². The Morgan fingerprint density at radius 3 is 2.46 bits per heavy atom. The van der Waals surface area contributed by atoms with Crippen LogP contribution in [0.1, 0.15) is 12.8 Å². The number of hydrogen-bond acceptors (Lipinski definition) is 3. The van der Waals surface area contributed by atoms with Gasteiger partial charge in [-0.25, -0.2) is 0 Å². The minimum absolute atomic E-state index is 0.137. The van der Waals surface area contributed by atoms with Crippen LogP contribution in [0.3, 0.4) is 0 Å². The summed E-state index contributed by atoms with van der Waals surface area (Å²) in [6.07, 6.45) is 2.01. The van der Waals surface area contributed by atoms with Gasteiger partial charge in [-0.2, -0.15) is 11.8 Å². The van der Waals surface area contributed by atoms with Crippen molar-refractivity contribution in [1.82, 2.24) is 4.90 Å². The smallest absolute Gasteiger partial charge is 0.230 e. The highest BCUT2D eigenvalue weighted by Gasteiger charge is 2.50. The maximum atomic E-state index is 12.0. The van der Waals surface area contributed by atoms with Crippen molar-refractivity contribution < 1.29 is 4.79 Å². The number of thioether (sulfide) groups is 1. The highest BCUT2D eigenvalue weighted by molar-refractivity contribution is 7.99. The van der Waals surface area contributed by atoms with Crippen molar-refractivity contribution in [1.29, 1.82) is 0 Å². The standard InChI is InChI=1S/C9H16N2OS/c10-7-9(1-2-9)8(12)11-3-5-13-6-4-11/h1-7,10H2. The minimum Gasteiger partial charge on any atom is -0.341 e. The SMILES string of the molecule is NCC1(C(=O)N2CCSCC2)CC1. The molecular weight excluding hydrogens is 184 g/mol. The van der Waals surface area contributed by atoms with Gasteiger partial charge in [0.1, 0.15) is 0 Å². The molecule has 2 rings (SSSR count). The summed E-state index contributed by atoms with van der Waals surface area (Å²) in [5.74, 6) is 2.49. The molecule has 2 aliphatic rings. The molecule has 3 nitrogen and oxygen atoms in total. The van der Waals surface area contributed by atoms with Crippen LogP contribution in [0.5, 0.6) is 0 Å². The summed E-state index contributed by atoms with van der Waals surface area (Å²) in [4.78, 5) is 13.9. The zero-order valence-electron chi connectivity index (χ0n) is 7.79. The summed E-state index contributed by atoms with van der Waals surface area (Å²) in [7, 11) is 0. The van der Waals surface area contributed by atoms with E-state index in [0.717, 1.165) is 37.4 Å². The van der Waals surface area contributed by atoms with Crippen LogP contribution in [0.4, 0.5) is 0 Å². The second-order valence-corrected chi connectivity index (χ2v) is 5.11. The fraction of sp³-hybridized carbons (Fsp3) is 0.889. The predicted octanol–water partition coefficient (Wildman–Crippen LogP) is 0.301. The van der Waals surface area contributed by atoms with Crippen molar-refractivity contribution in [3.63, 3.8) is 0 Å². The number of nitrogens with zero attached hydrogens (tertiary/aromatic N) is 1. The van der Waals surface area contributed by atoms with E-state index in [1.807, 2.05) is 16.7 Å². The Kier molecular flexibility index (Phi) is 2.51. The topological polar surface area (TPSA) is 46.3 Å². The highest BCUT2D eigenvalue weighted by atomic mass is 32.2. The Bertz CT molecular complexity index is 210. The van der Waals surface area contributed by atoms with Crippen LogP contribution in [0.15, 0.2) is 0 Å². The Morgan fingerprint density at radius 2 is 2.00 bits per heavy atom. The first-order valence-corrected chi connectivity index (χ1v) is 6.01. The van der Waals surface area contributed by atoms with Gasteiger partial charge >= 0.3 is 0 Å². The Hall–Kier alpha value is -0.220. The first-order chi connectivity index (χ1) is 6.28. The minimum atomic E-state index is -0.137. The van der Waals surface area contributed by atoms with Crippen LogP contribution in [0, 0.1) is 5.41 Å². The van der Waals surface area contributed by atoms with Crippen LogP contribution in [0.25, 0.3) is 0 Å². The summed E-state index contributed by atoms with van der Waals surface area (Å²) in [5.41, 5.74) is 5.49. The maximum Gasteiger partial charge on any atom is 0.230 e. The van der Waals surface area contributed by atoms with Crippen LogP contribution < -0.4 is 5.73 Å². The zero-order valence-corrected chi connectivity index (χ0v) is 8.61. The molecule has 2 fully saturated rings. The van der Waals surface area contributed by atoms with E-state index in [-0.39, 0.29) is 5.41 Å². The molecule has 13 heavy (non-hydrogen) atoms. The van der Waals surface area contributed by atoms with Gasteiger partial charge in [0.25, 0.3) is 0 Å². The Balaban J connectivity index is 1.95. The molecule has 1 aliphatic carbocycles. The van der Waals surface area contributed by atoms with E-state index < -0.39 is 0 Å². The lowest BCUT2D eigenvalue weighted by Crippen LogP contribution is -2.44. The number of carbonyl (C=O) groups excluding carboxylic acids is 1. The van der Waals surface area contributed by atoms with Gasteiger partial charge in [0, 0.05) is 31.1 Å². The zero-order chi connectivity index (χ0) is 9.31. The van der Waals surface area contributed by atoms with Gasteiger partial charge in [0.15, 0.2) is 0 Å². The average Bonchev–Trinajstić information content (AvgIpc) is 2.99. The van der Waals surface area contributed by atoms with Crippen LogP contribution in [0.2, 0.25) is 0 Å². The highest BCUT2D eigenvalue weighted by Crippen LogP contribution is 2.46. The van der Waals surface area contributed by atoms with Crippen LogP contribution in [-0.2, 0) is 4.79 Å². The summed E-state index contributed by atoms with van der Waals surface area (Å²) in [6, 6.07) is 0. The molecule has 0 aromatic heterocycles. The maximum absolute atomic E-state index is 12.0. The van der Waals surface area contributed by atoms with Gasteiger partial charge in [-0.05, 0) is 12.8 Å². The van der Waals surface area contributed by atoms with E-state index in [2.05, 4.69) is 0 Å². The summed E-state index contributed by atoms with van der Waals surface area (Å²) in [5, 5.41) is 0. The largest absolute Gasteiger partial charge is 0.341 e. The molecule has 0 unspecified atom stereocenters. The van der Waals surface area contributed by atoms with E-state index >= 15 is 0 Å². The van der Waals surface area contributed by atoms with Crippen LogP contribution in [-0.4, -0.2) is 41.9 Å². The summed E-state index contributed by atoms with van der Waals surface area (Å²) < 4.78 is 0. The van der Waals surface area contributed by atoms with E-state index in [4.69, 9.17) is 5.73 Å². The number of nitrogens with two attached hydrogens (primary N) is 1. The van der Waals surface area contributed by atoms with Crippen molar-refractivity contribution in [2.45, 2.75) is 12.8 Å². The average molecular weight is 200 g/mol. The number of amides is 1. The molecule has 4 heteroatoms. The molecule has 74 valence electrons. The Morgan fingerprint density at radius 1 is 1.38 bits per heavy atom. The molecule has 1 heterocycles. The van der Waals surface area contributed by atoms with E-state index in [0.29, 0.717) is 12.5 Å². The number of rotatable bonds is 2. The lowest BCUT2D eigenvalue weighted by Gasteiger charge is -2.29. The van der Waals surface area contributed by atoms with Crippen molar-refractivity contribution >= 4 is 17.7 Å². The number of carbonyl (C=O) groups is 1. The molecule has 0 spiro atoms. The molecule has 0 bridgehead atoms. The molecule has 0 aromatic carbocycles. The second-order valence-electron chi connectivity index (χ2n) is 3.89. The third kappa shape index (κ3) is 1.70.